The normalized spacial score (nSPS) is 9.88. The number of hydrogen-bond donors (Lipinski definition) is 2. The predicted molar refractivity (Wildman–Crippen MR) is 59.9 cm³/mol. The van der Waals surface area contributed by atoms with Gasteiger partial charge in [0.15, 0.2) is 0 Å². The summed E-state index contributed by atoms with van der Waals surface area (Å²) in [5.41, 5.74) is 0.691. The van der Waals surface area contributed by atoms with Crippen LogP contribution in [0.25, 0.3) is 6.08 Å². The van der Waals surface area contributed by atoms with Gasteiger partial charge in [0, 0.05) is 0 Å². The van der Waals surface area contributed by atoms with E-state index < -0.39 is 5.97 Å². The maximum Gasteiger partial charge on any atom is 0.362 e. The van der Waals surface area contributed by atoms with Crippen LogP contribution in [-0.4, -0.2) is 26.5 Å². The molecule has 0 unspecified atom stereocenters. The molecule has 0 fully saturated rings. The summed E-state index contributed by atoms with van der Waals surface area (Å²) >= 11 is 0. The van der Waals surface area contributed by atoms with Crippen molar-refractivity contribution in [2.45, 2.75) is 0 Å². The predicted octanol–water partition coefficient (Wildman–Crippen LogP) is 1.94. The van der Waals surface area contributed by atoms with Gasteiger partial charge in [-0.1, -0.05) is 30.0 Å². The van der Waals surface area contributed by atoms with E-state index in [0.29, 0.717) is 5.75 Å². The molecule has 0 saturated carbocycles. The molecule has 0 spiro atoms. The summed E-state index contributed by atoms with van der Waals surface area (Å²) in [6, 6.07) is 6.99. The van der Waals surface area contributed by atoms with Crippen LogP contribution in [0.15, 0.2) is 30.8 Å². The zero-order valence-corrected chi connectivity index (χ0v) is 8.75. The Morgan fingerprint density at radius 2 is 2.12 bits per heavy atom. The van der Waals surface area contributed by atoms with Gasteiger partial charge in [0.05, 0.1) is 0 Å². The molecule has 0 amide bonds. The molecular formula is C11H9N3O3. The van der Waals surface area contributed by atoms with Crippen LogP contribution >= 0.6 is 0 Å². The van der Waals surface area contributed by atoms with E-state index in [1.54, 1.807) is 30.3 Å². The Morgan fingerprint density at radius 3 is 2.71 bits per heavy atom. The summed E-state index contributed by atoms with van der Waals surface area (Å²) in [6.07, 6.45) is 1.70. The number of aromatic nitrogens is 3. The molecule has 1 aromatic heterocycles. The average Bonchev–Trinajstić information content (AvgIpc) is 2.78. The number of aromatic amines is 1. The van der Waals surface area contributed by atoms with Crippen molar-refractivity contribution in [3.8, 4) is 11.6 Å². The Morgan fingerprint density at radius 1 is 1.41 bits per heavy atom. The molecule has 1 heterocycles. The first kappa shape index (κ1) is 10.9. The fourth-order valence-electron chi connectivity index (χ4n) is 1.22. The van der Waals surface area contributed by atoms with Gasteiger partial charge in [-0.3, -0.25) is 0 Å². The molecular weight excluding hydrogens is 222 g/mol. The van der Waals surface area contributed by atoms with Crippen LogP contribution in [-0.2, 0) is 0 Å². The minimum atomic E-state index is -1.20. The standard InChI is InChI=1S/C11H9N3O3/c1-2-7-3-5-8(6-4-7)17-10-9(11(15)16)12-14-13-10/h2-6H,1H2,(H,15,16)(H,12,13,14). The van der Waals surface area contributed by atoms with E-state index in [-0.39, 0.29) is 11.6 Å². The van der Waals surface area contributed by atoms with Gasteiger partial charge in [-0.15, -0.1) is 5.10 Å². The van der Waals surface area contributed by atoms with Gasteiger partial charge in [0.1, 0.15) is 5.75 Å². The van der Waals surface area contributed by atoms with E-state index in [4.69, 9.17) is 9.84 Å². The van der Waals surface area contributed by atoms with Crippen molar-refractivity contribution >= 4 is 12.0 Å². The second-order valence-corrected chi connectivity index (χ2v) is 3.17. The molecule has 0 aliphatic rings. The highest BCUT2D eigenvalue weighted by molar-refractivity contribution is 5.87. The zero-order chi connectivity index (χ0) is 12.3. The number of carbonyl (C=O) groups is 1. The number of H-pyrrole nitrogens is 1. The van der Waals surface area contributed by atoms with Crippen LogP contribution < -0.4 is 4.74 Å². The number of nitrogens with zero attached hydrogens (tertiary/aromatic N) is 2. The minimum absolute atomic E-state index is 0.00357. The summed E-state index contributed by atoms with van der Waals surface area (Å²) in [4.78, 5) is 10.8. The SMILES string of the molecule is C=Cc1ccc(Oc2[nH]nnc2C(=O)O)cc1. The lowest BCUT2D eigenvalue weighted by atomic mass is 10.2. The molecule has 2 aromatic rings. The minimum Gasteiger partial charge on any atom is -0.476 e. The maximum absolute atomic E-state index is 10.8. The fraction of sp³-hybridized carbons (Fsp3) is 0. The number of benzene rings is 1. The van der Waals surface area contributed by atoms with Crippen molar-refractivity contribution in [1.82, 2.24) is 15.4 Å². The molecule has 2 rings (SSSR count). The lowest BCUT2D eigenvalue weighted by Crippen LogP contribution is -1.99. The highest BCUT2D eigenvalue weighted by Crippen LogP contribution is 2.21. The lowest BCUT2D eigenvalue weighted by molar-refractivity contribution is 0.0687. The summed E-state index contributed by atoms with van der Waals surface area (Å²) in [5.74, 6) is -0.704. The second-order valence-electron chi connectivity index (χ2n) is 3.17. The van der Waals surface area contributed by atoms with Gasteiger partial charge in [-0.05, 0) is 17.7 Å². The molecule has 0 bridgehead atoms. The van der Waals surface area contributed by atoms with Crippen molar-refractivity contribution < 1.29 is 14.6 Å². The van der Waals surface area contributed by atoms with E-state index in [0.717, 1.165) is 5.56 Å². The zero-order valence-electron chi connectivity index (χ0n) is 8.75. The number of aromatic carboxylic acids is 1. The molecule has 6 nitrogen and oxygen atoms in total. The van der Waals surface area contributed by atoms with Gasteiger partial charge in [-0.25, -0.2) is 9.89 Å². The van der Waals surface area contributed by atoms with Crippen molar-refractivity contribution in [3.05, 3.63) is 42.1 Å². The molecule has 2 N–H and O–H groups in total. The third kappa shape index (κ3) is 2.31. The third-order valence-electron chi connectivity index (χ3n) is 2.05. The van der Waals surface area contributed by atoms with Gasteiger partial charge in [-0.2, -0.15) is 0 Å². The molecule has 0 radical (unpaired) electrons. The number of hydrogen-bond acceptors (Lipinski definition) is 4. The second kappa shape index (κ2) is 4.48. The van der Waals surface area contributed by atoms with Crippen LogP contribution in [0.5, 0.6) is 11.6 Å². The molecule has 6 heteroatoms. The fourth-order valence-corrected chi connectivity index (χ4v) is 1.22. The Kier molecular flexibility index (Phi) is 2.87. The molecule has 0 aliphatic heterocycles. The first-order chi connectivity index (χ1) is 8.20. The molecule has 0 aliphatic carbocycles. The Labute approximate surface area is 96.5 Å². The molecule has 86 valence electrons. The van der Waals surface area contributed by atoms with Crippen LogP contribution in [0, 0.1) is 0 Å². The van der Waals surface area contributed by atoms with Gasteiger partial charge in [0.25, 0.3) is 5.88 Å². The van der Waals surface area contributed by atoms with Crippen molar-refractivity contribution in [3.63, 3.8) is 0 Å². The van der Waals surface area contributed by atoms with Gasteiger partial charge >= 0.3 is 5.97 Å². The van der Waals surface area contributed by atoms with Crippen molar-refractivity contribution in [2.24, 2.45) is 0 Å². The first-order valence-electron chi connectivity index (χ1n) is 4.75. The van der Waals surface area contributed by atoms with Gasteiger partial charge < -0.3 is 9.84 Å². The lowest BCUT2D eigenvalue weighted by Gasteiger charge is -2.03. The average molecular weight is 231 g/mol. The van der Waals surface area contributed by atoms with E-state index >= 15 is 0 Å². The number of rotatable bonds is 4. The number of carboxylic acid groups (broad SMARTS) is 1. The molecule has 0 atom stereocenters. The van der Waals surface area contributed by atoms with E-state index in [1.807, 2.05) is 0 Å². The topological polar surface area (TPSA) is 88.1 Å². The Hall–Kier alpha value is -2.63. The van der Waals surface area contributed by atoms with Crippen molar-refractivity contribution in [2.75, 3.05) is 0 Å². The summed E-state index contributed by atoms with van der Waals surface area (Å²) in [7, 11) is 0. The van der Waals surface area contributed by atoms with Crippen LogP contribution in [0.3, 0.4) is 0 Å². The first-order valence-corrected chi connectivity index (χ1v) is 4.75. The highest BCUT2D eigenvalue weighted by atomic mass is 16.5. The van der Waals surface area contributed by atoms with Crippen LogP contribution in [0.4, 0.5) is 0 Å². The number of nitrogens with one attached hydrogen (secondary N) is 1. The largest absolute Gasteiger partial charge is 0.476 e. The molecule has 0 saturated heterocycles. The van der Waals surface area contributed by atoms with E-state index in [2.05, 4.69) is 22.0 Å². The molecule has 17 heavy (non-hydrogen) atoms. The quantitative estimate of drug-likeness (QED) is 0.839. The summed E-state index contributed by atoms with van der Waals surface area (Å²) in [6.45, 7) is 3.63. The van der Waals surface area contributed by atoms with Crippen molar-refractivity contribution in [1.29, 1.82) is 0 Å². The molecule has 1 aromatic carbocycles. The number of carboxylic acids is 1. The Balaban J connectivity index is 2.22. The summed E-state index contributed by atoms with van der Waals surface area (Å²) < 4.78 is 5.31. The third-order valence-corrected chi connectivity index (χ3v) is 2.05. The van der Waals surface area contributed by atoms with Crippen LogP contribution in [0.1, 0.15) is 16.1 Å². The van der Waals surface area contributed by atoms with Gasteiger partial charge in [0.2, 0.25) is 5.69 Å². The Bertz CT molecular complexity index is 545. The number of ether oxygens (including phenoxy) is 1. The monoisotopic (exact) mass is 231 g/mol. The van der Waals surface area contributed by atoms with Crippen LogP contribution in [0.2, 0.25) is 0 Å². The maximum atomic E-state index is 10.8. The highest BCUT2D eigenvalue weighted by Gasteiger charge is 2.16. The van der Waals surface area contributed by atoms with E-state index in [9.17, 15) is 4.79 Å². The van der Waals surface area contributed by atoms with E-state index in [1.165, 1.54) is 0 Å². The smallest absolute Gasteiger partial charge is 0.362 e. The summed E-state index contributed by atoms with van der Waals surface area (Å²) in [5, 5.41) is 18.0.